The highest BCUT2D eigenvalue weighted by atomic mass is 16.5. The molecule has 1 aromatic heterocycles. The third-order valence-electron chi connectivity index (χ3n) is 9.60. The van der Waals surface area contributed by atoms with E-state index in [2.05, 4.69) is 52.0 Å². The topological polar surface area (TPSA) is 62.5 Å². The molecule has 3 rings (SSSR count). The third kappa shape index (κ3) is 11.0. The van der Waals surface area contributed by atoms with E-state index in [0.29, 0.717) is 37.7 Å². The molecule has 0 spiro atoms. The number of hydrogen-bond acceptors (Lipinski definition) is 4. The molecule has 1 aliphatic rings. The lowest BCUT2D eigenvalue weighted by Gasteiger charge is -2.23. The Morgan fingerprint density at radius 1 is 0.783 bits per heavy atom. The number of benzene rings is 1. The lowest BCUT2D eigenvalue weighted by molar-refractivity contribution is -0.145. The first-order chi connectivity index (χ1) is 22.2. The maximum absolute atomic E-state index is 14.0. The minimum atomic E-state index is -0.647. The number of aryl methyl sites for hydroxylation is 3. The van der Waals surface area contributed by atoms with Crippen molar-refractivity contribution in [3.05, 3.63) is 51.3 Å². The van der Waals surface area contributed by atoms with Gasteiger partial charge in [-0.3, -0.25) is 9.59 Å². The average Bonchev–Trinajstić information content (AvgIpc) is 3.17. The van der Waals surface area contributed by atoms with Gasteiger partial charge in [0.2, 0.25) is 5.88 Å². The number of fused-ring (bicyclic) bond motifs is 1. The molecule has 0 amide bonds. The van der Waals surface area contributed by atoms with Crippen LogP contribution < -0.4 is 10.3 Å². The van der Waals surface area contributed by atoms with Crippen molar-refractivity contribution in [1.82, 2.24) is 9.36 Å². The maximum Gasteiger partial charge on any atom is 0.318 e. The number of hydrogen-bond donors (Lipinski definition) is 0. The van der Waals surface area contributed by atoms with Gasteiger partial charge in [0.25, 0.3) is 5.56 Å². The van der Waals surface area contributed by atoms with Crippen LogP contribution >= 0.6 is 0 Å². The van der Waals surface area contributed by atoms with Crippen LogP contribution in [0.2, 0.25) is 0 Å². The monoisotopic (exact) mass is 636 g/mol. The van der Waals surface area contributed by atoms with E-state index in [1.54, 1.807) is 4.68 Å². The van der Waals surface area contributed by atoms with Gasteiger partial charge in [0.1, 0.15) is 5.56 Å². The molecule has 0 radical (unpaired) electrons. The molecule has 1 aliphatic heterocycles. The highest BCUT2D eigenvalue weighted by Crippen LogP contribution is 2.37. The van der Waals surface area contributed by atoms with Gasteiger partial charge >= 0.3 is 5.97 Å². The Bertz CT molecular complexity index is 1270. The number of unbranched alkanes of at least 4 members (excludes halogenated alkanes) is 12. The largest absolute Gasteiger partial charge is 0.407 e. The summed E-state index contributed by atoms with van der Waals surface area (Å²) in [5, 5.41) is 0. The molecule has 0 unspecified atom stereocenters. The molecule has 0 fully saturated rings. The van der Waals surface area contributed by atoms with Gasteiger partial charge in [0.05, 0.1) is 31.7 Å². The highest BCUT2D eigenvalue weighted by Gasteiger charge is 2.34. The van der Waals surface area contributed by atoms with Crippen LogP contribution in [-0.2, 0) is 35.5 Å². The van der Waals surface area contributed by atoms with E-state index in [4.69, 9.17) is 9.47 Å². The zero-order valence-electron chi connectivity index (χ0n) is 30.2. The number of esters is 1. The van der Waals surface area contributed by atoms with Crippen LogP contribution in [0.1, 0.15) is 148 Å². The Kier molecular flexibility index (Phi) is 16.4. The van der Waals surface area contributed by atoms with Gasteiger partial charge in [-0.1, -0.05) is 115 Å². The van der Waals surface area contributed by atoms with Crippen molar-refractivity contribution in [2.75, 3.05) is 13.2 Å². The van der Waals surface area contributed by atoms with Gasteiger partial charge in [-0.15, -0.1) is 0 Å². The summed E-state index contributed by atoms with van der Waals surface area (Å²) in [6.07, 6.45) is 24.8. The van der Waals surface area contributed by atoms with Crippen LogP contribution in [-0.4, -0.2) is 28.5 Å². The SMILES string of the molecule is CCCCCCCCC=CCCCCCCCCC(C)(C)C(=O)Oc1c(-c2c(CC)cc(C)cc2CC)c(=O)n2n1CCOCC2. The van der Waals surface area contributed by atoms with E-state index in [9.17, 15) is 9.59 Å². The summed E-state index contributed by atoms with van der Waals surface area (Å²) in [5.41, 5.74) is 4.13. The van der Waals surface area contributed by atoms with Gasteiger partial charge in [0, 0.05) is 0 Å². The lowest BCUT2D eigenvalue weighted by atomic mass is 9.86. The fraction of sp³-hybridized carbons (Fsp3) is 0.700. The molecular weight excluding hydrogens is 572 g/mol. The minimum absolute atomic E-state index is 0.104. The van der Waals surface area contributed by atoms with E-state index >= 15 is 0 Å². The van der Waals surface area contributed by atoms with Crippen LogP contribution in [0.25, 0.3) is 11.1 Å². The molecular formula is C40H64N2O4. The molecule has 6 nitrogen and oxygen atoms in total. The zero-order valence-corrected chi connectivity index (χ0v) is 30.2. The Labute approximate surface area is 279 Å². The van der Waals surface area contributed by atoms with Gasteiger partial charge in [-0.2, -0.15) is 0 Å². The van der Waals surface area contributed by atoms with Crippen LogP contribution in [0.15, 0.2) is 29.1 Å². The summed E-state index contributed by atoms with van der Waals surface area (Å²) in [5.74, 6) is 0.110. The normalized spacial score (nSPS) is 13.7. The Balaban J connectivity index is 1.54. The fourth-order valence-corrected chi connectivity index (χ4v) is 6.70. The summed E-state index contributed by atoms with van der Waals surface area (Å²) in [6.45, 7) is 14.4. The van der Waals surface area contributed by atoms with Crippen molar-refractivity contribution >= 4 is 5.97 Å². The van der Waals surface area contributed by atoms with E-state index < -0.39 is 5.41 Å². The standard InChI is InChI=1S/C40H64N2O4/c1-7-10-11-12-13-14-15-16-17-18-19-20-21-22-23-24-25-40(5,6)39(44)46-38-36(37(43)41-26-28-45-29-27-42(38)41)35-33(8-2)30-32(4)31-34(35)9-3/h16-17,30-31H,7-15,18-29H2,1-6H3. The predicted octanol–water partition coefficient (Wildman–Crippen LogP) is 10.1. The minimum Gasteiger partial charge on any atom is -0.407 e. The number of aromatic nitrogens is 2. The fourth-order valence-electron chi connectivity index (χ4n) is 6.70. The van der Waals surface area contributed by atoms with Gasteiger partial charge in [-0.25, -0.2) is 9.36 Å². The summed E-state index contributed by atoms with van der Waals surface area (Å²) in [6, 6.07) is 4.32. The van der Waals surface area contributed by atoms with Crippen molar-refractivity contribution < 1.29 is 14.3 Å². The summed E-state index contributed by atoms with van der Waals surface area (Å²) >= 11 is 0. The molecule has 0 atom stereocenters. The highest BCUT2D eigenvalue weighted by molar-refractivity contribution is 5.82. The van der Waals surface area contributed by atoms with Crippen LogP contribution in [0.3, 0.4) is 0 Å². The van der Waals surface area contributed by atoms with Crippen molar-refractivity contribution in [3.8, 4) is 17.0 Å². The smallest absolute Gasteiger partial charge is 0.318 e. The summed E-state index contributed by atoms with van der Waals surface area (Å²) < 4.78 is 15.5. The van der Waals surface area contributed by atoms with Crippen LogP contribution in [0.5, 0.6) is 5.88 Å². The number of rotatable bonds is 21. The van der Waals surface area contributed by atoms with Gasteiger partial charge in [-0.05, 0) is 82.4 Å². The van der Waals surface area contributed by atoms with Gasteiger partial charge < -0.3 is 9.47 Å². The number of carbonyl (C=O) groups is 1. The summed E-state index contributed by atoms with van der Waals surface area (Å²) in [4.78, 5) is 27.7. The molecule has 46 heavy (non-hydrogen) atoms. The first-order valence-electron chi connectivity index (χ1n) is 18.7. The lowest BCUT2D eigenvalue weighted by Crippen LogP contribution is -2.30. The van der Waals surface area contributed by atoms with Crippen molar-refractivity contribution in [2.45, 2.75) is 164 Å². The molecule has 0 bridgehead atoms. The van der Waals surface area contributed by atoms with Crippen molar-refractivity contribution in [1.29, 1.82) is 0 Å². The van der Waals surface area contributed by atoms with E-state index in [1.807, 2.05) is 18.5 Å². The maximum atomic E-state index is 14.0. The number of nitrogens with zero attached hydrogens (tertiary/aromatic N) is 2. The quantitative estimate of drug-likeness (QED) is 0.0777. The average molecular weight is 637 g/mol. The number of ether oxygens (including phenoxy) is 2. The first-order valence-corrected chi connectivity index (χ1v) is 18.7. The van der Waals surface area contributed by atoms with Crippen LogP contribution in [0.4, 0.5) is 0 Å². The molecule has 2 heterocycles. The molecule has 6 heteroatoms. The summed E-state index contributed by atoms with van der Waals surface area (Å²) in [7, 11) is 0. The molecule has 0 N–H and O–H groups in total. The Morgan fingerprint density at radius 2 is 1.30 bits per heavy atom. The second kappa shape index (κ2) is 19.9. The number of carbonyl (C=O) groups excluding carboxylic acids is 1. The molecule has 0 saturated heterocycles. The Morgan fingerprint density at radius 3 is 1.87 bits per heavy atom. The van der Waals surface area contributed by atoms with E-state index in [-0.39, 0.29) is 11.5 Å². The van der Waals surface area contributed by atoms with Crippen LogP contribution in [0, 0.1) is 12.3 Å². The molecule has 0 aliphatic carbocycles. The Hall–Kier alpha value is -2.60. The predicted molar refractivity (Wildman–Crippen MR) is 192 cm³/mol. The van der Waals surface area contributed by atoms with Crippen molar-refractivity contribution in [2.24, 2.45) is 5.41 Å². The first kappa shape index (κ1) is 37.9. The molecule has 1 aromatic carbocycles. The van der Waals surface area contributed by atoms with E-state index in [1.165, 1.54) is 82.6 Å². The third-order valence-corrected chi connectivity index (χ3v) is 9.60. The van der Waals surface area contributed by atoms with E-state index in [0.717, 1.165) is 48.8 Å². The molecule has 2 aromatic rings. The molecule has 0 saturated carbocycles. The number of allylic oxidation sites excluding steroid dienone is 2. The molecule has 258 valence electrons. The van der Waals surface area contributed by atoms with Crippen molar-refractivity contribution in [3.63, 3.8) is 0 Å². The zero-order chi connectivity index (χ0) is 33.4. The van der Waals surface area contributed by atoms with Gasteiger partial charge in [0.15, 0.2) is 0 Å². The second-order valence-corrected chi connectivity index (χ2v) is 14.0. The second-order valence-electron chi connectivity index (χ2n) is 14.0.